The van der Waals surface area contributed by atoms with E-state index in [0.717, 1.165) is 38.0 Å². The lowest BCUT2D eigenvalue weighted by atomic mass is 9.94. The fourth-order valence-corrected chi connectivity index (χ4v) is 2.46. The van der Waals surface area contributed by atoms with Crippen LogP contribution in [0, 0.1) is 5.92 Å². The molecule has 0 N–H and O–H groups in total. The van der Waals surface area contributed by atoms with Crippen molar-refractivity contribution in [2.75, 3.05) is 13.1 Å². The van der Waals surface area contributed by atoms with Crippen molar-refractivity contribution in [3.63, 3.8) is 0 Å². The van der Waals surface area contributed by atoms with Crippen molar-refractivity contribution < 1.29 is 4.79 Å². The lowest BCUT2D eigenvalue weighted by Crippen LogP contribution is -2.37. The zero-order chi connectivity index (χ0) is 12.3. The third kappa shape index (κ3) is 2.94. The Morgan fingerprint density at radius 3 is 2.65 bits per heavy atom. The monoisotopic (exact) mass is 253 g/mol. The smallest absolute Gasteiger partial charge is 0.219 e. The molecule has 0 saturated carbocycles. The third-order valence-electron chi connectivity index (χ3n) is 3.18. The molecule has 5 heteroatoms. The van der Waals surface area contributed by atoms with E-state index in [1.54, 1.807) is 13.1 Å². The first-order valence-electron chi connectivity index (χ1n) is 5.88. The van der Waals surface area contributed by atoms with E-state index in [4.69, 9.17) is 11.6 Å². The maximum absolute atomic E-state index is 11.2. The molecule has 0 aromatic heterocycles. The van der Waals surface area contributed by atoms with E-state index in [9.17, 15) is 4.79 Å². The maximum atomic E-state index is 11.2. The standard InChI is InChI=1S/C12H16ClN3O/c1-9(17)16-7-3-10(4-8-16)11-12(13)15-6-2-5-14-11/h5-6,10H,2-4,7-8H2,1H3. The van der Waals surface area contributed by atoms with Crippen LogP contribution in [0.5, 0.6) is 0 Å². The van der Waals surface area contributed by atoms with E-state index in [0.29, 0.717) is 11.1 Å². The normalized spacial score (nSPS) is 21.9. The Morgan fingerprint density at radius 1 is 1.35 bits per heavy atom. The van der Waals surface area contributed by atoms with Gasteiger partial charge in [-0.2, -0.15) is 0 Å². The van der Waals surface area contributed by atoms with Gasteiger partial charge in [0.05, 0.1) is 5.70 Å². The summed E-state index contributed by atoms with van der Waals surface area (Å²) >= 11 is 6.11. The molecule has 2 rings (SSSR count). The van der Waals surface area contributed by atoms with Crippen molar-refractivity contribution in [3.05, 3.63) is 10.9 Å². The minimum absolute atomic E-state index is 0.144. The summed E-state index contributed by atoms with van der Waals surface area (Å²) in [6.07, 6.45) is 6.16. The summed E-state index contributed by atoms with van der Waals surface area (Å²) in [4.78, 5) is 21.6. The number of carbonyl (C=O) groups excluding carboxylic acids is 1. The zero-order valence-electron chi connectivity index (χ0n) is 9.90. The van der Waals surface area contributed by atoms with Crippen LogP contribution in [-0.2, 0) is 4.79 Å². The van der Waals surface area contributed by atoms with Crippen LogP contribution in [0.4, 0.5) is 0 Å². The quantitative estimate of drug-likeness (QED) is 0.661. The Balaban J connectivity index is 2.05. The molecule has 1 saturated heterocycles. The first kappa shape index (κ1) is 12.3. The summed E-state index contributed by atoms with van der Waals surface area (Å²) in [6, 6.07) is 0. The van der Waals surface area contributed by atoms with Gasteiger partial charge in [-0.05, 0) is 12.8 Å². The molecule has 0 unspecified atom stereocenters. The molecule has 0 aromatic carbocycles. The summed E-state index contributed by atoms with van der Waals surface area (Å²) in [6.45, 7) is 3.18. The number of hydrogen-bond donors (Lipinski definition) is 0. The van der Waals surface area contributed by atoms with Crippen molar-refractivity contribution in [3.8, 4) is 0 Å². The van der Waals surface area contributed by atoms with E-state index in [1.807, 2.05) is 11.1 Å². The number of likely N-dealkylation sites (tertiary alicyclic amines) is 1. The van der Waals surface area contributed by atoms with Gasteiger partial charge in [-0.25, -0.2) is 4.99 Å². The fraction of sp³-hybridized carbons (Fsp3) is 0.583. The lowest BCUT2D eigenvalue weighted by Gasteiger charge is -2.31. The van der Waals surface area contributed by atoms with Gasteiger partial charge in [-0.15, -0.1) is 0 Å². The molecule has 0 bridgehead atoms. The number of carbonyl (C=O) groups is 1. The first-order valence-corrected chi connectivity index (χ1v) is 6.26. The minimum Gasteiger partial charge on any atom is -0.343 e. The largest absolute Gasteiger partial charge is 0.343 e. The number of amides is 1. The van der Waals surface area contributed by atoms with Crippen molar-refractivity contribution >= 4 is 29.9 Å². The Bertz CT molecular complexity index is 393. The van der Waals surface area contributed by atoms with Gasteiger partial charge in [0.1, 0.15) is 5.16 Å². The van der Waals surface area contributed by atoms with Crippen molar-refractivity contribution in [2.45, 2.75) is 26.2 Å². The summed E-state index contributed by atoms with van der Waals surface area (Å²) in [7, 11) is 0. The molecule has 0 radical (unpaired) electrons. The average molecular weight is 254 g/mol. The summed E-state index contributed by atoms with van der Waals surface area (Å²) in [5.74, 6) is 0.468. The van der Waals surface area contributed by atoms with Crippen LogP contribution in [0.25, 0.3) is 0 Å². The van der Waals surface area contributed by atoms with E-state index in [1.165, 1.54) is 0 Å². The highest BCUT2D eigenvalue weighted by molar-refractivity contribution is 6.30. The first-order chi connectivity index (χ1) is 8.18. The molecule has 17 heavy (non-hydrogen) atoms. The minimum atomic E-state index is 0.144. The molecule has 1 amide bonds. The van der Waals surface area contributed by atoms with E-state index < -0.39 is 0 Å². The number of halogens is 1. The van der Waals surface area contributed by atoms with Crippen LogP contribution in [-0.4, -0.2) is 36.3 Å². The number of piperidine rings is 1. The van der Waals surface area contributed by atoms with Crippen LogP contribution in [0.3, 0.4) is 0 Å². The molecule has 2 heterocycles. The Hall–Kier alpha value is -1.16. The Labute approximate surface area is 106 Å². The molecule has 2 aliphatic rings. The number of allylic oxidation sites excluding steroid dienone is 1. The number of aliphatic imine (C=N–C) groups is 2. The second-order valence-corrected chi connectivity index (χ2v) is 4.67. The zero-order valence-corrected chi connectivity index (χ0v) is 10.7. The van der Waals surface area contributed by atoms with Gasteiger partial charge < -0.3 is 4.90 Å². The molecule has 1 fully saturated rings. The van der Waals surface area contributed by atoms with Gasteiger partial charge in [0.25, 0.3) is 0 Å². The molecular formula is C12H16ClN3O. The summed E-state index contributed by atoms with van der Waals surface area (Å²) in [5, 5.41) is 0.500. The van der Waals surface area contributed by atoms with Crippen LogP contribution >= 0.6 is 11.6 Å². The van der Waals surface area contributed by atoms with E-state index in [2.05, 4.69) is 9.98 Å². The second-order valence-electron chi connectivity index (χ2n) is 4.32. The van der Waals surface area contributed by atoms with Crippen LogP contribution in [0.1, 0.15) is 26.2 Å². The van der Waals surface area contributed by atoms with Crippen molar-refractivity contribution in [2.24, 2.45) is 15.9 Å². The van der Waals surface area contributed by atoms with Crippen LogP contribution in [0.2, 0.25) is 0 Å². The highest BCUT2D eigenvalue weighted by Crippen LogP contribution is 2.30. The highest BCUT2D eigenvalue weighted by Gasteiger charge is 2.25. The SMILES string of the molecule is CC(=O)N1CCC(C2=C(Cl)N=CCC=N2)CC1. The second kappa shape index (κ2) is 5.45. The van der Waals surface area contributed by atoms with Gasteiger partial charge in [0.2, 0.25) is 5.91 Å². The maximum Gasteiger partial charge on any atom is 0.219 e. The highest BCUT2D eigenvalue weighted by atomic mass is 35.5. The lowest BCUT2D eigenvalue weighted by molar-refractivity contribution is -0.130. The summed E-state index contributed by atoms with van der Waals surface area (Å²) in [5.41, 5.74) is 0.878. The molecular weight excluding hydrogens is 238 g/mol. The Kier molecular flexibility index (Phi) is 3.94. The predicted octanol–water partition coefficient (Wildman–Crippen LogP) is 2.20. The van der Waals surface area contributed by atoms with Crippen molar-refractivity contribution in [1.82, 2.24) is 4.90 Å². The Morgan fingerprint density at radius 2 is 2.00 bits per heavy atom. The predicted molar refractivity (Wildman–Crippen MR) is 69.5 cm³/mol. The van der Waals surface area contributed by atoms with E-state index >= 15 is 0 Å². The molecule has 2 aliphatic heterocycles. The van der Waals surface area contributed by atoms with Crippen molar-refractivity contribution in [1.29, 1.82) is 0 Å². The van der Waals surface area contributed by atoms with Gasteiger partial charge in [-0.1, -0.05) is 11.6 Å². The van der Waals surface area contributed by atoms with Gasteiger partial charge in [0.15, 0.2) is 0 Å². The van der Waals surface area contributed by atoms with E-state index in [-0.39, 0.29) is 5.91 Å². The molecule has 0 aromatic rings. The summed E-state index contributed by atoms with van der Waals surface area (Å²) < 4.78 is 0. The topological polar surface area (TPSA) is 45.0 Å². The number of nitrogens with zero attached hydrogens (tertiary/aromatic N) is 3. The van der Waals surface area contributed by atoms with Gasteiger partial charge in [-0.3, -0.25) is 9.79 Å². The number of rotatable bonds is 1. The average Bonchev–Trinajstić information content (AvgIpc) is 2.54. The van der Waals surface area contributed by atoms with Crippen LogP contribution < -0.4 is 0 Å². The molecule has 92 valence electrons. The molecule has 4 nitrogen and oxygen atoms in total. The molecule has 0 spiro atoms. The number of hydrogen-bond acceptors (Lipinski definition) is 3. The molecule has 0 aliphatic carbocycles. The van der Waals surface area contributed by atoms with Crippen LogP contribution in [0.15, 0.2) is 20.8 Å². The third-order valence-corrected chi connectivity index (χ3v) is 3.48. The molecule has 0 atom stereocenters. The van der Waals surface area contributed by atoms with Gasteiger partial charge in [0, 0.05) is 44.8 Å². The van der Waals surface area contributed by atoms with Gasteiger partial charge >= 0.3 is 0 Å². The fourth-order valence-electron chi connectivity index (χ4n) is 2.19.